The van der Waals surface area contributed by atoms with Gasteiger partial charge < -0.3 is 0 Å². The average Bonchev–Trinajstić information content (AvgIpc) is 2.16. The molecule has 0 amide bonds. The lowest BCUT2D eigenvalue weighted by atomic mass is 10.1. The number of benzene rings is 1. The molecular formula is C11H13BrFN. The highest BCUT2D eigenvalue weighted by atomic mass is 79.9. The number of hydrogen-bond acceptors (Lipinski definition) is 1. The van der Waals surface area contributed by atoms with Gasteiger partial charge in [-0.1, -0.05) is 40.7 Å². The number of halogens is 2. The van der Waals surface area contributed by atoms with Gasteiger partial charge in [0, 0.05) is 10.2 Å². The number of rotatable bonds is 4. The monoisotopic (exact) mass is 257 g/mol. The maximum absolute atomic E-state index is 13.1. The van der Waals surface area contributed by atoms with Crippen LogP contribution in [0.25, 0.3) is 0 Å². The van der Waals surface area contributed by atoms with Gasteiger partial charge in [0.2, 0.25) is 0 Å². The molecule has 0 saturated heterocycles. The molecule has 0 aromatic heterocycles. The second kappa shape index (κ2) is 5.15. The van der Waals surface area contributed by atoms with Crippen molar-refractivity contribution in [2.24, 2.45) is 0 Å². The second-order valence-electron chi connectivity index (χ2n) is 3.16. The highest BCUT2D eigenvalue weighted by molar-refractivity contribution is 9.10. The molecule has 14 heavy (non-hydrogen) atoms. The number of hydrogen-bond donors (Lipinski definition) is 0. The van der Waals surface area contributed by atoms with Gasteiger partial charge in [0.1, 0.15) is 0 Å². The number of allylic oxidation sites excluding steroid dienone is 1. The number of nitrogens with zero attached hydrogens (tertiary/aromatic N) is 1. The van der Waals surface area contributed by atoms with E-state index in [1.165, 1.54) is 0 Å². The Morgan fingerprint density at radius 3 is 2.71 bits per heavy atom. The Labute approximate surface area is 92.3 Å². The molecule has 1 nitrogen and oxygen atoms in total. The van der Waals surface area contributed by atoms with Crippen LogP contribution in [-0.4, -0.2) is 11.7 Å². The average molecular weight is 258 g/mol. The summed E-state index contributed by atoms with van der Waals surface area (Å²) in [4.78, 5) is 0. The van der Waals surface area contributed by atoms with E-state index in [1.807, 2.05) is 24.3 Å². The van der Waals surface area contributed by atoms with E-state index in [2.05, 4.69) is 22.5 Å². The van der Waals surface area contributed by atoms with Gasteiger partial charge in [-0.15, -0.1) is 4.48 Å². The molecule has 0 fully saturated rings. The van der Waals surface area contributed by atoms with E-state index in [0.29, 0.717) is 23.8 Å². The summed E-state index contributed by atoms with van der Waals surface area (Å²) >= 11 is 3.42. The predicted octanol–water partition coefficient (Wildman–Crippen LogP) is 3.71. The van der Waals surface area contributed by atoms with Crippen molar-refractivity contribution in [3.8, 4) is 0 Å². The van der Waals surface area contributed by atoms with Gasteiger partial charge in [0.05, 0.1) is 6.54 Å². The van der Waals surface area contributed by atoms with Crippen molar-refractivity contribution in [3.63, 3.8) is 0 Å². The van der Waals surface area contributed by atoms with Gasteiger partial charge in [0.25, 0.3) is 0 Å². The molecule has 0 radical (unpaired) electrons. The standard InChI is InChI=1S/C11H13BrFN/c1-9(2)14(13)8-7-10-5-3-4-6-11(10)12/h3-6H,1,7-8H2,2H3. The quantitative estimate of drug-likeness (QED) is 0.744. The van der Waals surface area contributed by atoms with Gasteiger partial charge in [0.15, 0.2) is 0 Å². The zero-order valence-electron chi connectivity index (χ0n) is 8.13. The van der Waals surface area contributed by atoms with Crippen molar-refractivity contribution in [2.45, 2.75) is 13.3 Å². The molecule has 0 aliphatic carbocycles. The van der Waals surface area contributed by atoms with Crippen LogP contribution in [0.1, 0.15) is 12.5 Å². The van der Waals surface area contributed by atoms with E-state index < -0.39 is 0 Å². The SMILES string of the molecule is C=C(C)N(F)CCc1ccccc1Br. The van der Waals surface area contributed by atoms with Crippen LogP contribution < -0.4 is 0 Å². The van der Waals surface area contributed by atoms with Gasteiger partial charge in [-0.3, -0.25) is 0 Å². The van der Waals surface area contributed by atoms with Gasteiger partial charge in [-0.2, -0.15) is 0 Å². The first-order valence-electron chi connectivity index (χ1n) is 4.43. The van der Waals surface area contributed by atoms with Crippen LogP contribution in [0, 0.1) is 0 Å². The van der Waals surface area contributed by atoms with E-state index >= 15 is 0 Å². The molecule has 0 saturated carbocycles. The molecule has 1 rings (SSSR count). The van der Waals surface area contributed by atoms with Crippen LogP contribution in [0.3, 0.4) is 0 Å². The fourth-order valence-electron chi connectivity index (χ4n) is 1.11. The molecule has 0 atom stereocenters. The van der Waals surface area contributed by atoms with Crippen molar-refractivity contribution in [1.82, 2.24) is 5.12 Å². The molecule has 0 heterocycles. The summed E-state index contributed by atoms with van der Waals surface area (Å²) < 4.78 is 14.1. The Morgan fingerprint density at radius 2 is 2.14 bits per heavy atom. The summed E-state index contributed by atoms with van der Waals surface area (Å²) in [6, 6.07) is 7.83. The lowest BCUT2D eigenvalue weighted by Gasteiger charge is -2.13. The summed E-state index contributed by atoms with van der Waals surface area (Å²) in [6.45, 7) is 5.53. The van der Waals surface area contributed by atoms with Crippen LogP contribution in [0.15, 0.2) is 41.0 Å². The third-order valence-corrected chi connectivity index (χ3v) is 2.72. The summed E-state index contributed by atoms with van der Waals surface area (Å²) in [5.74, 6) is 0. The smallest absolute Gasteiger partial charge is 0.0542 e. The zero-order chi connectivity index (χ0) is 10.6. The third-order valence-electron chi connectivity index (χ3n) is 1.95. The van der Waals surface area contributed by atoms with Crippen LogP contribution in [0.5, 0.6) is 0 Å². The highest BCUT2D eigenvalue weighted by Gasteiger charge is 2.03. The van der Waals surface area contributed by atoms with E-state index in [-0.39, 0.29) is 0 Å². The second-order valence-corrected chi connectivity index (χ2v) is 4.02. The summed E-state index contributed by atoms with van der Waals surface area (Å²) in [5, 5.41) is 0.666. The van der Waals surface area contributed by atoms with Crippen molar-refractivity contribution < 1.29 is 4.48 Å². The predicted molar refractivity (Wildman–Crippen MR) is 60.5 cm³/mol. The van der Waals surface area contributed by atoms with Crippen molar-refractivity contribution in [3.05, 3.63) is 46.6 Å². The lowest BCUT2D eigenvalue weighted by molar-refractivity contribution is 0.0730. The molecule has 0 N–H and O–H groups in total. The Morgan fingerprint density at radius 1 is 1.50 bits per heavy atom. The van der Waals surface area contributed by atoms with Crippen LogP contribution in [-0.2, 0) is 6.42 Å². The van der Waals surface area contributed by atoms with E-state index in [1.54, 1.807) is 6.92 Å². The largest absolute Gasteiger partial charge is 0.216 e. The molecule has 0 bridgehead atoms. The fourth-order valence-corrected chi connectivity index (χ4v) is 1.59. The van der Waals surface area contributed by atoms with Gasteiger partial charge in [-0.25, -0.2) is 5.12 Å². The molecule has 1 aromatic carbocycles. The van der Waals surface area contributed by atoms with Crippen molar-refractivity contribution >= 4 is 15.9 Å². The first kappa shape index (κ1) is 11.2. The normalized spacial score (nSPS) is 9.93. The summed E-state index contributed by atoms with van der Waals surface area (Å²) in [7, 11) is 0. The first-order valence-corrected chi connectivity index (χ1v) is 5.23. The fraction of sp³-hybridized carbons (Fsp3) is 0.273. The molecule has 1 aromatic rings. The van der Waals surface area contributed by atoms with Crippen molar-refractivity contribution in [2.75, 3.05) is 6.54 Å². The summed E-state index contributed by atoms with van der Waals surface area (Å²) in [6.07, 6.45) is 0.671. The minimum absolute atomic E-state index is 0.345. The molecule has 76 valence electrons. The molecule has 0 spiro atoms. The lowest BCUT2D eigenvalue weighted by Crippen LogP contribution is -2.13. The van der Waals surface area contributed by atoms with Gasteiger partial charge >= 0.3 is 0 Å². The molecule has 3 heteroatoms. The van der Waals surface area contributed by atoms with Crippen LogP contribution >= 0.6 is 15.9 Å². The van der Waals surface area contributed by atoms with E-state index in [9.17, 15) is 4.48 Å². The Hall–Kier alpha value is -0.830. The zero-order valence-corrected chi connectivity index (χ0v) is 9.72. The summed E-state index contributed by atoms with van der Waals surface area (Å²) in [5.41, 5.74) is 1.55. The Balaban J connectivity index is 2.54. The minimum atomic E-state index is 0.345. The van der Waals surface area contributed by atoms with Crippen LogP contribution in [0.2, 0.25) is 0 Å². The molecule has 0 aliphatic heterocycles. The maximum Gasteiger partial charge on any atom is 0.0542 e. The minimum Gasteiger partial charge on any atom is -0.216 e. The third kappa shape index (κ3) is 3.14. The topological polar surface area (TPSA) is 3.24 Å². The van der Waals surface area contributed by atoms with E-state index in [0.717, 1.165) is 10.0 Å². The highest BCUT2D eigenvalue weighted by Crippen LogP contribution is 2.17. The Bertz CT molecular complexity index is 325. The van der Waals surface area contributed by atoms with Gasteiger partial charge in [-0.05, 0) is 25.0 Å². The van der Waals surface area contributed by atoms with Crippen molar-refractivity contribution in [1.29, 1.82) is 0 Å². The van der Waals surface area contributed by atoms with E-state index in [4.69, 9.17) is 0 Å². The first-order chi connectivity index (χ1) is 6.61. The molecule has 0 aliphatic rings. The molecule has 0 unspecified atom stereocenters. The molecular weight excluding hydrogens is 245 g/mol. The Kier molecular flexibility index (Phi) is 4.14. The van der Waals surface area contributed by atoms with Crippen LogP contribution in [0.4, 0.5) is 4.48 Å². The maximum atomic E-state index is 13.1.